The Kier molecular flexibility index (Phi) is 5.65. The van der Waals surface area contributed by atoms with Crippen LogP contribution >= 0.6 is 0 Å². The van der Waals surface area contributed by atoms with Crippen molar-refractivity contribution < 1.29 is 9.18 Å². The minimum absolute atomic E-state index is 0.213. The lowest BCUT2D eigenvalue weighted by Crippen LogP contribution is -2.18. The van der Waals surface area contributed by atoms with Crippen LogP contribution in [0.5, 0.6) is 0 Å². The second-order valence-corrected chi connectivity index (χ2v) is 6.94. The first-order chi connectivity index (χ1) is 14.2. The number of carbonyl (C=O) groups excluding carboxylic acids is 1. The van der Waals surface area contributed by atoms with Gasteiger partial charge in [-0.3, -0.25) is 4.79 Å². The summed E-state index contributed by atoms with van der Waals surface area (Å²) < 4.78 is 13.7. The van der Waals surface area contributed by atoms with E-state index in [1.807, 2.05) is 24.3 Å². The van der Waals surface area contributed by atoms with Crippen molar-refractivity contribution in [3.05, 3.63) is 77.7 Å². The van der Waals surface area contributed by atoms with Gasteiger partial charge in [0, 0.05) is 36.6 Å². The third-order valence-corrected chi connectivity index (χ3v) is 4.91. The van der Waals surface area contributed by atoms with Crippen molar-refractivity contribution in [3.8, 4) is 0 Å². The van der Waals surface area contributed by atoms with E-state index in [1.54, 1.807) is 30.3 Å². The number of carbonyl (C=O) groups is 1. The van der Waals surface area contributed by atoms with E-state index in [0.717, 1.165) is 13.1 Å². The van der Waals surface area contributed by atoms with E-state index >= 15 is 0 Å². The van der Waals surface area contributed by atoms with Crippen molar-refractivity contribution in [2.24, 2.45) is 0 Å². The molecule has 1 aliphatic heterocycles. The second kappa shape index (κ2) is 8.68. The number of halogens is 1. The molecule has 148 valence electrons. The van der Waals surface area contributed by atoms with Crippen LogP contribution in [0.4, 0.5) is 21.6 Å². The van der Waals surface area contributed by atoms with Crippen molar-refractivity contribution in [3.63, 3.8) is 0 Å². The van der Waals surface area contributed by atoms with Gasteiger partial charge in [0.1, 0.15) is 11.6 Å². The standard InChI is InChI=1S/C22H22FN5O/c23-19-6-2-1-5-16(19)15-24-21-12-11-20(26-27-21)22(29)25-17-7-9-18(10-8-17)28-13-3-4-14-28/h1-2,5-12H,3-4,13-15H2,(H,24,27)(H,25,29). The van der Waals surface area contributed by atoms with E-state index < -0.39 is 0 Å². The van der Waals surface area contributed by atoms with Crippen molar-refractivity contribution in [1.29, 1.82) is 0 Å². The van der Waals surface area contributed by atoms with Gasteiger partial charge in [-0.1, -0.05) is 18.2 Å². The molecule has 2 aromatic carbocycles. The maximum Gasteiger partial charge on any atom is 0.276 e. The minimum atomic E-state index is -0.327. The number of rotatable bonds is 6. The largest absolute Gasteiger partial charge is 0.372 e. The molecule has 6 nitrogen and oxygen atoms in total. The summed E-state index contributed by atoms with van der Waals surface area (Å²) in [7, 11) is 0. The lowest BCUT2D eigenvalue weighted by molar-refractivity contribution is 0.102. The highest BCUT2D eigenvalue weighted by Gasteiger charge is 2.13. The molecular formula is C22H22FN5O. The first kappa shape index (κ1) is 18.9. The highest BCUT2D eigenvalue weighted by Crippen LogP contribution is 2.22. The van der Waals surface area contributed by atoms with Crippen LogP contribution in [0.25, 0.3) is 0 Å². The van der Waals surface area contributed by atoms with Gasteiger partial charge in [0.2, 0.25) is 0 Å². The Morgan fingerprint density at radius 2 is 1.72 bits per heavy atom. The van der Waals surface area contributed by atoms with Gasteiger partial charge in [-0.05, 0) is 55.3 Å². The Hall–Kier alpha value is -3.48. The molecule has 0 unspecified atom stereocenters. The van der Waals surface area contributed by atoms with Crippen molar-refractivity contribution in [1.82, 2.24) is 10.2 Å². The molecule has 1 fully saturated rings. The topological polar surface area (TPSA) is 70.2 Å². The minimum Gasteiger partial charge on any atom is -0.372 e. The van der Waals surface area contributed by atoms with Gasteiger partial charge in [0.25, 0.3) is 5.91 Å². The van der Waals surface area contributed by atoms with Gasteiger partial charge in [-0.25, -0.2) is 4.39 Å². The number of amides is 1. The summed E-state index contributed by atoms with van der Waals surface area (Å²) in [4.78, 5) is 14.7. The fraction of sp³-hybridized carbons (Fsp3) is 0.227. The van der Waals surface area contributed by atoms with E-state index in [-0.39, 0.29) is 24.0 Å². The third kappa shape index (κ3) is 4.68. The zero-order valence-electron chi connectivity index (χ0n) is 15.9. The molecule has 2 heterocycles. The molecule has 2 N–H and O–H groups in total. The van der Waals surface area contributed by atoms with E-state index in [1.165, 1.54) is 24.6 Å². The Morgan fingerprint density at radius 1 is 0.966 bits per heavy atom. The van der Waals surface area contributed by atoms with Crippen LogP contribution in [-0.4, -0.2) is 29.2 Å². The molecule has 0 radical (unpaired) electrons. The van der Waals surface area contributed by atoms with Crippen LogP contribution in [0.3, 0.4) is 0 Å². The van der Waals surface area contributed by atoms with Crippen LogP contribution in [0.15, 0.2) is 60.7 Å². The summed E-state index contributed by atoms with van der Waals surface area (Å²) in [5.41, 5.74) is 2.63. The van der Waals surface area contributed by atoms with Gasteiger partial charge < -0.3 is 15.5 Å². The first-order valence-corrected chi connectivity index (χ1v) is 9.66. The number of hydrogen-bond acceptors (Lipinski definition) is 5. The third-order valence-electron chi connectivity index (χ3n) is 4.91. The number of anilines is 3. The summed E-state index contributed by atoms with van der Waals surface area (Å²) in [6.45, 7) is 2.45. The van der Waals surface area contributed by atoms with E-state index in [4.69, 9.17) is 0 Å². The molecule has 0 bridgehead atoms. The lowest BCUT2D eigenvalue weighted by Gasteiger charge is -2.17. The first-order valence-electron chi connectivity index (χ1n) is 9.66. The molecule has 4 rings (SSSR count). The quantitative estimate of drug-likeness (QED) is 0.663. The van der Waals surface area contributed by atoms with Crippen molar-refractivity contribution in [2.75, 3.05) is 28.6 Å². The molecule has 29 heavy (non-hydrogen) atoms. The molecule has 1 aliphatic rings. The molecule has 3 aromatic rings. The van der Waals surface area contributed by atoms with Crippen LogP contribution in [-0.2, 0) is 6.54 Å². The van der Waals surface area contributed by atoms with Gasteiger partial charge in [-0.15, -0.1) is 10.2 Å². The number of aromatic nitrogens is 2. The number of nitrogens with zero attached hydrogens (tertiary/aromatic N) is 3. The molecule has 7 heteroatoms. The molecule has 1 amide bonds. The number of hydrogen-bond donors (Lipinski definition) is 2. The fourth-order valence-electron chi connectivity index (χ4n) is 3.30. The molecule has 1 saturated heterocycles. The average molecular weight is 391 g/mol. The molecule has 0 spiro atoms. The van der Waals surface area contributed by atoms with Gasteiger partial charge >= 0.3 is 0 Å². The van der Waals surface area contributed by atoms with Crippen molar-refractivity contribution >= 4 is 23.1 Å². The normalized spacial score (nSPS) is 13.3. The number of benzene rings is 2. The highest BCUT2D eigenvalue weighted by atomic mass is 19.1. The summed E-state index contributed by atoms with van der Waals surface area (Å²) in [5, 5.41) is 13.8. The molecule has 0 saturated carbocycles. The monoisotopic (exact) mass is 391 g/mol. The Morgan fingerprint density at radius 3 is 2.41 bits per heavy atom. The van der Waals surface area contributed by atoms with Crippen LogP contribution in [0.2, 0.25) is 0 Å². The molecule has 0 aliphatic carbocycles. The Labute approximate surface area is 168 Å². The smallest absolute Gasteiger partial charge is 0.276 e. The van der Waals surface area contributed by atoms with E-state index in [0.29, 0.717) is 17.1 Å². The average Bonchev–Trinajstić information content (AvgIpc) is 3.29. The lowest BCUT2D eigenvalue weighted by atomic mass is 10.2. The fourth-order valence-corrected chi connectivity index (χ4v) is 3.30. The maximum absolute atomic E-state index is 13.7. The van der Waals surface area contributed by atoms with Crippen LogP contribution < -0.4 is 15.5 Å². The molecule has 0 atom stereocenters. The second-order valence-electron chi connectivity index (χ2n) is 6.94. The summed E-state index contributed by atoms with van der Waals surface area (Å²) >= 11 is 0. The Bertz CT molecular complexity index is 969. The van der Waals surface area contributed by atoms with Gasteiger partial charge in [0.15, 0.2) is 5.69 Å². The highest BCUT2D eigenvalue weighted by molar-refractivity contribution is 6.02. The maximum atomic E-state index is 13.7. The van der Waals surface area contributed by atoms with Gasteiger partial charge in [0.05, 0.1) is 0 Å². The number of nitrogens with one attached hydrogen (secondary N) is 2. The Balaban J connectivity index is 1.33. The predicted molar refractivity (Wildman–Crippen MR) is 112 cm³/mol. The van der Waals surface area contributed by atoms with Crippen molar-refractivity contribution in [2.45, 2.75) is 19.4 Å². The molecular weight excluding hydrogens is 369 g/mol. The zero-order chi connectivity index (χ0) is 20.1. The molecule has 1 aromatic heterocycles. The zero-order valence-corrected chi connectivity index (χ0v) is 15.9. The van der Waals surface area contributed by atoms with E-state index in [9.17, 15) is 9.18 Å². The summed E-state index contributed by atoms with van der Waals surface area (Å²) in [5.74, 6) is -0.133. The van der Waals surface area contributed by atoms with Gasteiger partial charge in [-0.2, -0.15) is 0 Å². The SMILES string of the molecule is O=C(Nc1ccc(N2CCCC2)cc1)c1ccc(NCc2ccccc2F)nn1. The van der Waals surface area contributed by atoms with Crippen LogP contribution in [0.1, 0.15) is 28.9 Å². The summed E-state index contributed by atoms with van der Waals surface area (Å²) in [6, 6.07) is 17.6. The predicted octanol–water partition coefficient (Wildman–Crippen LogP) is 4.08. The van der Waals surface area contributed by atoms with E-state index in [2.05, 4.69) is 25.7 Å². The summed E-state index contributed by atoms with van der Waals surface area (Å²) in [6.07, 6.45) is 2.45. The van der Waals surface area contributed by atoms with Crippen LogP contribution in [0, 0.1) is 5.82 Å².